The van der Waals surface area contributed by atoms with Crippen LogP contribution in [-0.2, 0) is 6.54 Å². The Bertz CT molecular complexity index is 1210. The first-order chi connectivity index (χ1) is 13.9. The van der Waals surface area contributed by atoms with Crippen LogP contribution < -0.4 is 4.90 Å². The molecule has 0 spiro atoms. The number of benzene rings is 2. The topological polar surface area (TPSA) is 46.1 Å². The fraction of sp³-hybridized carbons (Fsp3) is 0.136. The van der Waals surface area contributed by atoms with Crippen LogP contribution in [0.1, 0.15) is 27.2 Å². The number of nitrogens with zero attached hydrogens (tertiary/aromatic N) is 3. The Kier molecular flexibility index (Phi) is 5.67. The van der Waals surface area contributed by atoms with Gasteiger partial charge >= 0.3 is 0 Å². The van der Waals surface area contributed by atoms with Crippen molar-refractivity contribution in [3.8, 4) is 0 Å². The summed E-state index contributed by atoms with van der Waals surface area (Å²) in [6, 6.07) is 15.0. The molecule has 1 amide bonds. The predicted molar refractivity (Wildman–Crippen MR) is 123 cm³/mol. The summed E-state index contributed by atoms with van der Waals surface area (Å²) in [4.78, 5) is 24.4. The number of halogens is 2. The predicted octanol–water partition coefficient (Wildman–Crippen LogP) is 6.57. The van der Waals surface area contributed by atoms with Gasteiger partial charge in [-0.1, -0.05) is 51.0 Å². The van der Waals surface area contributed by atoms with Gasteiger partial charge in [-0.05, 0) is 61.4 Å². The van der Waals surface area contributed by atoms with E-state index in [1.807, 2.05) is 30.3 Å². The molecular formula is C22H17BrClN3OS. The second-order valence-corrected chi connectivity index (χ2v) is 9.02. The molecule has 4 rings (SSSR count). The maximum absolute atomic E-state index is 13.5. The molecule has 4 nitrogen and oxygen atoms in total. The van der Waals surface area contributed by atoms with Crippen LogP contribution in [-0.4, -0.2) is 15.9 Å². The Morgan fingerprint density at radius 3 is 2.76 bits per heavy atom. The van der Waals surface area contributed by atoms with E-state index in [1.165, 1.54) is 16.9 Å². The Morgan fingerprint density at radius 1 is 1.17 bits per heavy atom. The Balaban J connectivity index is 1.83. The number of carbonyl (C=O) groups excluding carboxylic acids is 1. The fourth-order valence-corrected chi connectivity index (χ4v) is 4.60. The number of anilines is 1. The number of pyridine rings is 1. The lowest BCUT2D eigenvalue weighted by Crippen LogP contribution is -2.31. The highest BCUT2D eigenvalue weighted by Crippen LogP contribution is 2.34. The first-order valence-electron chi connectivity index (χ1n) is 8.97. The van der Waals surface area contributed by atoms with Crippen LogP contribution in [0, 0.1) is 13.8 Å². The van der Waals surface area contributed by atoms with Crippen molar-refractivity contribution < 1.29 is 4.79 Å². The summed E-state index contributed by atoms with van der Waals surface area (Å²) in [6.07, 6.45) is 1.72. The van der Waals surface area contributed by atoms with E-state index in [0.717, 1.165) is 25.9 Å². The maximum Gasteiger partial charge on any atom is 0.261 e. The molecule has 146 valence electrons. The molecule has 0 atom stereocenters. The summed E-state index contributed by atoms with van der Waals surface area (Å²) in [7, 11) is 0. The van der Waals surface area contributed by atoms with Gasteiger partial charge in [0, 0.05) is 10.7 Å². The third kappa shape index (κ3) is 4.06. The number of fused-ring (bicyclic) bond motifs is 1. The van der Waals surface area contributed by atoms with Crippen molar-refractivity contribution >= 4 is 60.1 Å². The SMILES string of the molecule is Cc1ccc2sc(N(Cc3ccccn3)C(=O)c3cc(Br)ccc3Cl)nc2c1C. The average molecular weight is 487 g/mol. The van der Waals surface area contributed by atoms with Crippen molar-refractivity contribution in [2.24, 2.45) is 0 Å². The van der Waals surface area contributed by atoms with Crippen LogP contribution >= 0.6 is 38.9 Å². The molecule has 7 heteroatoms. The van der Waals surface area contributed by atoms with Gasteiger partial charge in [0.2, 0.25) is 0 Å². The molecule has 0 radical (unpaired) electrons. The molecule has 2 aromatic carbocycles. The van der Waals surface area contributed by atoms with E-state index in [0.29, 0.717) is 22.3 Å². The van der Waals surface area contributed by atoms with E-state index in [4.69, 9.17) is 16.6 Å². The van der Waals surface area contributed by atoms with Gasteiger partial charge in [0.15, 0.2) is 5.13 Å². The van der Waals surface area contributed by atoms with Gasteiger partial charge in [0.05, 0.1) is 33.0 Å². The Labute approximate surface area is 186 Å². The summed E-state index contributed by atoms with van der Waals surface area (Å²) < 4.78 is 1.83. The smallest absolute Gasteiger partial charge is 0.261 e. The molecule has 2 aromatic heterocycles. The van der Waals surface area contributed by atoms with Crippen LogP contribution in [0.2, 0.25) is 5.02 Å². The first-order valence-corrected chi connectivity index (χ1v) is 11.0. The van der Waals surface area contributed by atoms with Crippen LogP contribution in [0.3, 0.4) is 0 Å². The molecule has 0 aliphatic heterocycles. The average Bonchev–Trinajstić information content (AvgIpc) is 3.16. The lowest BCUT2D eigenvalue weighted by Gasteiger charge is -2.20. The van der Waals surface area contributed by atoms with Crippen molar-refractivity contribution in [1.82, 2.24) is 9.97 Å². The van der Waals surface area contributed by atoms with Gasteiger partial charge in [0.1, 0.15) is 0 Å². The van der Waals surface area contributed by atoms with Crippen molar-refractivity contribution in [3.63, 3.8) is 0 Å². The number of aryl methyl sites for hydroxylation is 2. The van der Waals surface area contributed by atoms with Crippen molar-refractivity contribution in [1.29, 1.82) is 0 Å². The van der Waals surface area contributed by atoms with Crippen molar-refractivity contribution in [2.75, 3.05) is 4.90 Å². The summed E-state index contributed by atoms with van der Waals surface area (Å²) in [5.41, 5.74) is 4.41. The van der Waals surface area contributed by atoms with Gasteiger partial charge in [-0.2, -0.15) is 0 Å². The van der Waals surface area contributed by atoms with Gasteiger partial charge in [-0.3, -0.25) is 14.7 Å². The van der Waals surface area contributed by atoms with Gasteiger partial charge in [0.25, 0.3) is 5.91 Å². The zero-order valence-corrected chi connectivity index (χ0v) is 19.0. The van der Waals surface area contributed by atoms with Crippen molar-refractivity contribution in [2.45, 2.75) is 20.4 Å². The van der Waals surface area contributed by atoms with E-state index in [1.54, 1.807) is 23.2 Å². The number of thiazole rings is 1. The van der Waals surface area contributed by atoms with Crippen LogP contribution in [0.25, 0.3) is 10.2 Å². The second kappa shape index (κ2) is 8.22. The van der Waals surface area contributed by atoms with Crippen molar-refractivity contribution in [3.05, 3.63) is 86.6 Å². The van der Waals surface area contributed by atoms with E-state index in [-0.39, 0.29) is 5.91 Å². The highest BCUT2D eigenvalue weighted by atomic mass is 79.9. The molecule has 0 saturated carbocycles. The van der Waals surface area contributed by atoms with Crippen LogP contribution in [0.15, 0.2) is 59.2 Å². The maximum atomic E-state index is 13.5. The zero-order chi connectivity index (χ0) is 20.5. The minimum Gasteiger partial charge on any atom is -0.278 e. The monoisotopic (exact) mass is 485 g/mol. The lowest BCUT2D eigenvalue weighted by atomic mass is 10.1. The fourth-order valence-electron chi connectivity index (χ4n) is 3.02. The molecule has 0 bridgehead atoms. The number of hydrogen-bond acceptors (Lipinski definition) is 4. The molecule has 4 aromatic rings. The largest absolute Gasteiger partial charge is 0.278 e. The molecule has 0 unspecified atom stereocenters. The lowest BCUT2D eigenvalue weighted by molar-refractivity contribution is 0.0985. The highest BCUT2D eigenvalue weighted by molar-refractivity contribution is 9.10. The van der Waals surface area contributed by atoms with Gasteiger partial charge in [-0.25, -0.2) is 4.98 Å². The number of rotatable bonds is 4. The summed E-state index contributed by atoms with van der Waals surface area (Å²) in [6.45, 7) is 4.42. The summed E-state index contributed by atoms with van der Waals surface area (Å²) >= 11 is 11.3. The molecular weight excluding hydrogens is 470 g/mol. The zero-order valence-electron chi connectivity index (χ0n) is 15.8. The summed E-state index contributed by atoms with van der Waals surface area (Å²) in [5, 5.41) is 1.03. The number of carbonyl (C=O) groups is 1. The normalized spacial score (nSPS) is 11.0. The van der Waals surface area contributed by atoms with E-state index in [2.05, 4.69) is 40.8 Å². The minimum absolute atomic E-state index is 0.213. The molecule has 0 N–H and O–H groups in total. The van der Waals surface area contributed by atoms with E-state index < -0.39 is 0 Å². The van der Waals surface area contributed by atoms with Crippen LogP contribution in [0.4, 0.5) is 5.13 Å². The molecule has 29 heavy (non-hydrogen) atoms. The third-order valence-corrected chi connectivity index (χ3v) is 6.62. The molecule has 0 fully saturated rings. The quantitative estimate of drug-likeness (QED) is 0.328. The molecule has 0 aliphatic carbocycles. The number of aromatic nitrogens is 2. The Morgan fingerprint density at radius 2 is 2.00 bits per heavy atom. The minimum atomic E-state index is -0.213. The highest BCUT2D eigenvalue weighted by Gasteiger charge is 2.24. The molecule has 2 heterocycles. The first kappa shape index (κ1) is 20.0. The van der Waals surface area contributed by atoms with Gasteiger partial charge < -0.3 is 0 Å². The molecule has 0 saturated heterocycles. The number of amides is 1. The molecule has 0 aliphatic rings. The van der Waals surface area contributed by atoms with Crippen LogP contribution in [0.5, 0.6) is 0 Å². The van der Waals surface area contributed by atoms with E-state index in [9.17, 15) is 4.79 Å². The standard InChI is InChI=1S/C22H17BrClN3OS/c1-13-6-9-19-20(14(13)2)26-22(29-19)27(12-16-5-3-4-10-25-16)21(28)17-11-15(23)7-8-18(17)24/h3-11H,12H2,1-2H3. The summed E-state index contributed by atoms with van der Waals surface area (Å²) in [5.74, 6) is -0.213. The number of hydrogen-bond donors (Lipinski definition) is 0. The second-order valence-electron chi connectivity index (χ2n) is 6.69. The van der Waals surface area contributed by atoms with E-state index >= 15 is 0 Å². The van der Waals surface area contributed by atoms with Gasteiger partial charge in [-0.15, -0.1) is 0 Å². The Hall–Kier alpha value is -2.28. The third-order valence-electron chi connectivity index (χ3n) is 4.75.